The third-order valence-electron chi connectivity index (χ3n) is 3.53. The smallest absolute Gasteiger partial charge is 0.192 e. The first-order chi connectivity index (χ1) is 10.1. The van der Waals surface area contributed by atoms with Crippen LogP contribution in [0.4, 0.5) is 4.39 Å². The fourth-order valence-electron chi connectivity index (χ4n) is 2.24. The molecule has 1 saturated carbocycles. The van der Waals surface area contributed by atoms with Gasteiger partial charge in [-0.05, 0) is 51.0 Å². The standard InChI is InChI=1S/C15H16FN3OS/c1-9(14(20)11-3-5-12(16)6-4-11)21-15-18-17-10(2)19(15)13-7-8-13/h3-6,9,13H,7-8H2,1-2H3/t9-/m1/s1. The van der Waals surface area contributed by atoms with Gasteiger partial charge in [-0.15, -0.1) is 10.2 Å². The first-order valence-corrected chi connectivity index (χ1v) is 7.82. The molecule has 0 radical (unpaired) electrons. The van der Waals surface area contributed by atoms with Gasteiger partial charge in [-0.3, -0.25) is 4.79 Å². The van der Waals surface area contributed by atoms with Crippen molar-refractivity contribution < 1.29 is 9.18 Å². The third kappa shape index (κ3) is 3.00. The summed E-state index contributed by atoms with van der Waals surface area (Å²) in [7, 11) is 0. The zero-order chi connectivity index (χ0) is 15.0. The van der Waals surface area contributed by atoms with E-state index in [0.717, 1.165) is 23.8 Å². The number of thioether (sulfide) groups is 1. The SMILES string of the molecule is Cc1nnc(S[C@H](C)C(=O)c2ccc(F)cc2)n1C1CC1. The maximum Gasteiger partial charge on any atom is 0.192 e. The van der Waals surface area contributed by atoms with Crippen LogP contribution in [0.2, 0.25) is 0 Å². The molecule has 0 unspecified atom stereocenters. The molecule has 6 heteroatoms. The summed E-state index contributed by atoms with van der Waals surface area (Å²) in [6.07, 6.45) is 2.29. The Morgan fingerprint density at radius 1 is 1.33 bits per heavy atom. The van der Waals surface area contributed by atoms with Gasteiger partial charge in [-0.1, -0.05) is 11.8 Å². The summed E-state index contributed by atoms with van der Waals surface area (Å²) in [6.45, 7) is 3.78. The predicted octanol–water partition coefficient (Wildman–Crippen LogP) is 3.42. The van der Waals surface area contributed by atoms with E-state index in [1.54, 1.807) is 0 Å². The molecule has 1 aromatic heterocycles. The van der Waals surface area contributed by atoms with Gasteiger partial charge in [-0.25, -0.2) is 4.39 Å². The van der Waals surface area contributed by atoms with E-state index in [0.29, 0.717) is 11.6 Å². The molecule has 0 saturated heterocycles. The van der Waals surface area contributed by atoms with E-state index < -0.39 is 0 Å². The van der Waals surface area contributed by atoms with Crippen molar-refractivity contribution in [2.75, 3.05) is 0 Å². The van der Waals surface area contributed by atoms with Gasteiger partial charge < -0.3 is 4.57 Å². The van der Waals surface area contributed by atoms with Crippen LogP contribution in [0.15, 0.2) is 29.4 Å². The molecule has 0 bridgehead atoms. The zero-order valence-electron chi connectivity index (χ0n) is 11.9. The van der Waals surface area contributed by atoms with E-state index >= 15 is 0 Å². The molecule has 2 aromatic rings. The van der Waals surface area contributed by atoms with Crippen LogP contribution >= 0.6 is 11.8 Å². The molecule has 110 valence electrons. The normalized spacial score (nSPS) is 16.0. The number of Topliss-reactive ketones (excluding diaryl/α,β-unsaturated/α-hetero) is 1. The van der Waals surface area contributed by atoms with E-state index in [1.807, 2.05) is 13.8 Å². The van der Waals surface area contributed by atoms with Gasteiger partial charge in [0.15, 0.2) is 10.9 Å². The summed E-state index contributed by atoms with van der Waals surface area (Å²) in [6, 6.07) is 6.13. The Kier molecular flexibility index (Phi) is 3.80. The summed E-state index contributed by atoms with van der Waals surface area (Å²) in [5.41, 5.74) is 0.519. The number of carbonyl (C=O) groups is 1. The van der Waals surface area contributed by atoms with Gasteiger partial charge in [0, 0.05) is 11.6 Å². The average Bonchev–Trinajstić information content (AvgIpc) is 3.24. The first kappa shape index (κ1) is 14.3. The quantitative estimate of drug-likeness (QED) is 0.627. The Morgan fingerprint density at radius 2 is 2.00 bits per heavy atom. The van der Waals surface area contributed by atoms with E-state index in [4.69, 9.17) is 0 Å². The first-order valence-electron chi connectivity index (χ1n) is 6.94. The lowest BCUT2D eigenvalue weighted by molar-refractivity contribution is 0.0994. The van der Waals surface area contributed by atoms with Gasteiger partial charge in [0.2, 0.25) is 0 Å². The highest BCUT2D eigenvalue weighted by atomic mass is 32.2. The molecular formula is C15H16FN3OS. The van der Waals surface area contributed by atoms with Crippen molar-refractivity contribution in [2.45, 2.75) is 43.1 Å². The summed E-state index contributed by atoms with van der Waals surface area (Å²) < 4.78 is 15.0. The number of rotatable bonds is 5. The molecule has 3 rings (SSSR count). The number of carbonyl (C=O) groups excluding carboxylic acids is 1. The number of aryl methyl sites for hydroxylation is 1. The maximum atomic E-state index is 12.9. The Labute approximate surface area is 126 Å². The molecule has 1 aliphatic carbocycles. The lowest BCUT2D eigenvalue weighted by atomic mass is 10.1. The van der Waals surface area contributed by atoms with Crippen LogP contribution in [-0.4, -0.2) is 25.8 Å². The van der Waals surface area contributed by atoms with Crippen molar-refractivity contribution in [1.29, 1.82) is 0 Å². The number of benzene rings is 1. The van der Waals surface area contributed by atoms with Crippen LogP contribution < -0.4 is 0 Å². The molecule has 1 fully saturated rings. The number of halogens is 1. The topological polar surface area (TPSA) is 47.8 Å². The number of hydrogen-bond donors (Lipinski definition) is 0. The summed E-state index contributed by atoms with van der Waals surface area (Å²) in [4.78, 5) is 12.4. The number of nitrogens with zero attached hydrogens (tertiary/aromatic N) is 3. The Balaban J connectivity index is 1.75. The number of hydrogen-bond acceptors (Lipinski definition) is 4. The number of aromatic nitrogens is 3. The van der Waals surface area contributed by atoms with Crippen molar-refractivity contribution in [1.82, 2.24) is 14.8 Å². The molecule has 0 spiro atoms. The van der Waals surface area contributed by atoms with Gasteiger partial charge in [0.05, 0.1) is 5.25 Å². The van der Waals surface area contributed by atoms with E-state index in [9.17, 15) is 9.18 Å². The van der Waals surface area contributed by atoms with Crippen LogP contribution in [0.3, 0.4) is 0 Å². The van der Waals surface area contributed by atoms with Crippen LogP contribution in [0, 0.1) is 12.7 Å². The highest BCUT2D eigenvalue weighted by Crippen LogP contribution is 2.39. The average molecular weight is 305 g/mol. The minimum absolute atomic E-state index is 0.0250. The minimum Gasteiger partial charge on any atom is -0.303 e. The Morgan fingerprint density at radius 3 is 2.62 bits per heavy atom. The largest absolute Gasteiger partial charge is 0.303 e. The van der Waals surface area contributed by atoms with Crippen molar-refractivity contribution >= 4 is 17.5 Å². The van der Waals surface area contributed by atoms with Crippen LogP contribution in [0.1, 0.15) is 42.0 Å². The fourth-order valence-corrected chi connectivity index (χ4v) is 3.29. The molecule has 0 N–H and O–H groups in total. The maximum absolute atomic E-state index is 12.9. The number of ketones is 1. The van der Waals surface area contributed by atoms with Gasteiger partial charge in [-0.2, -0.15) is 0 Å². The second kappa shape index (κ2) is 5.60. The highest BCUT2D eigenvalue weighted by molar-refractivity contribution is 8.00. The van der Waals surface area contributed by atoms with Crippen LogP contribution in [0.5, 0.6) is 0 Å². The molecular weight excluding hydrogens is 289 g/mol. The summed E-state index contributed by atoms with van der Waals surface area (Å²) >= 11 is 1.41. The minimum atomic E-state index is -0.337. The van der Waals surface area contributed by atoms with E-state index in [1.165, 1.54) is 36.0 Å². The monoisotopic (exact) mass is 305 g/mol. The second-order valence-corrected chi connectivity index (χ2v) is 6.57. The van der Waals surface area contributed by atoms with Gasteiger partial charge >= 0.3 is 0 Å². The van der Waals surface area contributed by atoms with Crippen molar-refractivity contribution in [3.05, 3.63) is 41.5 Å². The molecule has 0 aliphatic heterocycles. The molecule has 1 heterocycles. The van der Waals surface area contributed by atoms with Crippen LogP contribution in [0.25, 0.3) is 0 Å². The fraction of sp³-hybridized carbons (Fsp3) is 0.400. The van der Waals surface area contributed by atoms with Gasteiger partial charge in [0.1, 0.15) is 11.6 Å². The summed E-state index contributed by atoms with van der Waals surface area (Å²) in [5.74, 6) is 0.528. The van der Waals surface area contributed by atoms with Crippen LogP contribution in [-0.2, 0) is 0 Å². The van der Waals surface area contributed by atoms with E-state index in [-0.39, 0.29) is 16.9 Å². The second-order valence-electron chi connectivity index (χ2n) is 5.26. The molecule has 21 heavy (non-hydrogen) atoms. The molecule has 1 atom stereocenters. The van der Waals surface area contributed by atoms with Crippen molar-refractivity contribution in [3.8, 4) is 0 Å². The zero-order valence-corrected chi connectivity index (χ0v) is 12.7. The predicted molar refractivity (Wildman–Crippen MR) is 79.1 cm³/mol. The van der Waals surface area contributed by atoms with E-state index in [2.05, 4.69) is 14.8 Å². The molecule has 1 aliphatic rings. The molecule has 0 amide bonds. The Bertz CT molecular complexity index is 664. The highest BCUT2D eigenvalue weighted by Gasteiger charge is 2.30. The van der Waals surface area contributed by atoms with Crippen molar-refractivity contribution in [2.24, 2.45) is 0 Å². The molecule has 1 aromatic carbocycles. The Hall–Kier alpha value is -1.69. The lowest BCUT2D eigenvalue weighted by Gasteiger charge is -2.11. The molecule has 4 nitrogen and oxygen atoms in total. The lowest BCUT2D eigenvalue weighted by Crippen LogP contribution is -2.14. The third-order valence-corrected chi connectivity index (χ3v) is 4.58. The van der Waals surface area contributed by atoms with Crippen molar-refractivity contribution in [3.63, 3.8) is 0 Å². The van der Waals surface area contributed by atoms with Gasteiger partial charge in [0.25, 0.3) is 0 Å². The summed E-state index contributed by atoms with van der Waals surface area (Å²) in [5, 5.41) is 8.79.